The van der Waals surface area contributed by atoms with Crippen molar-refractivity contribution in [3.8, 4) is 11.4 Å². The molecule has 3 aromatic rings. The molecular formula is C19H20N6O. The summed E-state index contributed by atoms with van der Waals surface area (Å²) in [6.07, 6.45) is 5.99. The van der Waals surface area contributed by atoms with Crippen LogP contribution in [0.5, 0.6) is 0 Å². The van der Waals surface area contributed by atoms with Gasteiger partial charge in [0, 0.05) is 61.6 Å². The number of amides is 1. The Morgan fingerprint density at radius 3 is 2.62 bits per heavy atom. The molecule has 0 atom stereocenters. The Morgan fingerprint density at radius 1 is 1.04 bits per heavy atom. The first-order valence-electron chi connectivity index (χ1n) is 8.37. The summed E-state index contributed by atoms with van der Waals surface area (Å²) in [4.78, 5) is 29.3. The molecule has 3 aromatic heterocycles. The molecule has 0 saturated heterocycles. The van der Waals surface area contributed by atoms with E-state index in [-0.39, 0.29) is 12.3 Å². The van der Waals surface area contributed by atoms with Crippen molar-refractivity contribution in [1.29, 1.82) is 0 Å². The number of carbonyl (C=O) groups is 1. The van der Waals surface area contributed by atoms with E-state index in [9.17, 15) is 4.79 Å². The Hall–Kier alpha value is -3.35. The zero-order valence-corrected chi connectivity index (χ0v) is 14.5. The van der Waals surface area contributed by atoms with E-state index in [1.807, 2.05) is 43.4 Å². The lowest BCUT2D eigenvalue weighted by Gasteiger charge is -2.09. The molecule has 1 amide bonds. The highest BCUT2D eigenvalue weighted by molar-refractivity contribution is 5.78. The van der Waals surface area contributed by atoms with Gasteiger partial charge in [-0.05, 0) is 24.3 Å². The Labute approximate surface area is 152 Å². The average molecular weight is 348 g/mol. The summed E-state index contributed by atoms with van der Waals surface area (Å²) in [6.45, 7) is 0.502. The molecule has 0 fully saturated rings. The van der Waals surface area contributed by atoms with Gasteiger partial charge in [0.15, 0.2) is 5.82 Å². The molecule has 132 valence electrons. The van der Waals surface area contributed by atoms with E-state index in [4.69, 9.17) is 0 Å². The predicted molar refractivity (Wildman–Crippen MR) is 99.5 cm³/mol. The molecule has 26 heavy (non-hydrogen) atoms. The van der Waals surface area contributed by atoms with Gasteiger partial charge in [-0.2, -0.15) is 0 Å². The third kappa shape index (κ3) is 4.83. The maximum absolute atomic E-state index is 12.0. The van der Waals surface area contributed by atoms with Crippen molar-refractivity contribution >= 4 is 11.7 Å². The second-order valence-electron chi connectivity index (χ2n) is 5.65. The zero-order valence-electron chi connectivity index (χ0n) is 14.5. The molecule has 3 rings (SSSR count). The van der Waals surface area contributed by atoms with Crippen LogP contribution in [0.25, 0.3) is 11.4 Å². The molecular weight excluding hydrogens is 328 g/mol. The highest BCUT2D eigenvalue weighted by Gasteiger charge is 2.08. The summed E-state index contributed by atoms with van der Waals surface area (Å²) in [6, 6.07) is 11.2. The third-order valence-corrected chi connectivity index (χ3v) is 3.74. The average Bonchev–Trinajstić information content (AvgIpc) is 2.69. The quantitative estimate of drug-likeness (QED) is 0.677. The molecule has 7 nitrogen and oxygen atoms in total. The van der Waals surface area contributed by atoms with Crippen molar-refractivity contribution in [3.05, 3.63) is 66.4 Å². The van der Waals surface area contributed by atoms with E-state index in [1.165, 1.54) is 0 Å². The Kier molecular flexibility index (Phi) is 5.82. The second-order valence-corrected chi connectivity index (χ2v) is 5.65. The van der Waals surface area contributed by atoms with Crippen LogP contribution in [-0.4, -0.2) is 39.4 Å². The first-order valence-corrected chi connectivity index (χ1v) is 8.37. The topological polar surface area (TPSA) is 92.7 Å². The Morgan fingerprint density at radius 2 is 1.88 bits per heavy atom. The monoisotopic (exact) mass is 348 g/mol. The summed E-state index contributed by atoms with van der Waals surface area (Å²) in [7, 11) is 1.82. The van der Waals surface area contributed by atoms with Gasteiger partial charge in [0.1, 0.15) is 5.82 Å². The van der Waals surface area contributed by atoms with Gasteiger partial charge >= 0.3 is 0 Å². The number of nitrogens with zero attached hydrogens (tertiary/aromatic N) is 4. The summed E-state index contributed by atoms with van der Waals surface area (Å²) < 4.78 is 0. The normalized spacial score (nSPS) is 10.3. The molecule has 0 spiro atoms. The van der Waals surface area contributed by atoms with Crippen molar-refractivity contribution in [3.63, 3.8) is 0 Å². The summed E-state index contributed by atoms with van der Waals surface area (Å²) in [5.41, 5.74) is 2.51. The Balaban J connectivity index is 1.61. The van der Waals surface area contributed by atoms with Gasteiger partial charge in [-0.3, -0.25) is 14.8 Å². The number of anilines is 1. The summed E-state index contributed by atoms with van der Waals surface area (Å²) >= 11 is 0. The summed E-state index contributed by atoms with van der Waals surface area (Å²) in [5, 5.41) is 5.95. The summed E-state index contributed by atoms with van der Waals surface area (Å²) in [5.74, 6) is 1.32. The van der Waals surface area contributed by atoms with Gasteiger partial charge in [-0.15, -0.1) is 0 Å². The molecule has 3 heterocycles. The standard InChI is InChI=1S/C19H20N6O/c1-20-17-12-16(24-19(25-17)14-5-9-21-10-6-14)7-11-23-18(26)13-15-4-2-3-8-22-15/h2-6,8-10,12H,7,11,13H2,1H3,(H,23,26)(H,20,24,25). The number of carbonyl (C=O) groups excluding carboxylic acids is 1. The van der Waals surface area contributed by atoms with Crippen LogP contribution in [0.2, 0.25) is 0 Å². The maximum atomic E-state index is 12.0. The van der Waals surface area contributed by atoms with Crippen molar-refractivity contribution in [2.45, 2.75) is 12.8 Å². The number of aromatic nitrogens is 4. The molecule has 2 N–H and O–H groups in total. The van der Waals surface area contributed by atoms with Crippen LogP contribution < -0.4 is 10.6 Å². The first-order chi connectivity index (χ1) is 12.7. The van der Waals surface area contributed by atoms with E-state index < -0.39 is 0 Å². The van der Waals surface area contributed by atoms with Gasteiger partial charge in [-0.1, -0.05) is 6.07 Å². The highest BCUT2D eigenvalue weighted by atomic mass is 16.1. The van der Waals surface area contributed by atoms with E-state index in [0.29, 0.717) is 18.8 Å². The fourth-order valence-corrected chi connectivity index (χ4v) is 2.44. The maximum Gasteiger partial charge on any atom is 0.226 e. The van der Waals surface area contributed by atoms with Gasteiger partial charge < -0.3 is 10.6 Å². The highest BCUT2D eigenvalue weighted by Crippen LogP contribution is 2.17. The van der Waals surface area contributed by atoms with Crippen LogP contribution in [0.3, 0.4) is 0 Å². The first kappa shape index (κ1) is 17.5. The van der Waals surface area contributed by atoms with Gasteiger partial charge in [0.2, 0.25) is 5.91 Å². The third-order valence-electron chi connectivity index (χ3n) is 3.74. The number of hydrogen-bond acceptors (Lipinski definition) is 6. The molecule has 0 aromatic carbocycles. The fraction of sp³-hybridized carbons (Fsp3) is 0.211. The minimum atomic E-state index is -0.0547. The SMILES string of the molecule is CNc1cc(CCNC(=O)Cc2ccccn2)nc(-c2ccncc2)n1. The van der Waals surface area contributed by atoms with Crippen LogP contribution in [0, 0.1) is 0 Å². The lowest BCUT2D eigenvalue weighted by atomic mass is 10.2. The van der Waals surface area contributed by atoms with Gasteiger partial charge in [-0.25, -0.2) is 9.97 Å². The molecule has 0 radical (unpaired) electrons. The van der Waals surface area contributed by atoms with E-state index in [0.717, 1.165) is 22.8 Å². The molecule has 0 aliphatic heterocycles. The molecule has 7 heteroatoms. The predicted octanol–water partition coefficient (Wildman–Crippen LogP) is 1.88. The number of nitrogens with one attached hydrogen (secondary N) is 2. The van der Waals surface area contributed by atoms with Crippen LogP contribution in [0.15, 0.2) is 55.0 Å². The Bertz CT molecular complexity index is 854. The number of pyridine rings is 2. The van der Waals surface area contributed by atoms with Gasteiger partial charge in [0.05, 0.1) is 6.42 Å². The largest absolute Gasteiger partial charge is 0.373 e. The lowest BCUT2D eigenvalue weighted by Crippen LogP contribution is -2.27. The van der Waals surface area contributed by atoms with Crippen molar-refractivity contribution < 1.29 is 4.79 Å². The zero-order chi connectivity index (χ0) is 18.2. The van der Waals surface area contributed by atoms with Crippen molar-refractivity contribution in [2.24, 2.45) is 0 Å². The van der Waals surface area contributed by atoms with Crippen molar-refractivity contribution in [2.75, 3.05) is 18.9 Å². The number of hydrogen-bond donors (Lipinski definition) is 2. The van der Waals surface area contributed by atoms with E-state index in [2.05, 4.69) is 30.6 Å². The minimum absolute atomic E-state index is 0.0547. The van der Waals surface area contributed by atoms with E-state index >= 15 is 0 Å². The van der Waals surface area contributed by atoms with Crippen molar-refractivity contribution in [1.82, 2.24) is 25.3 Å². The fourth-order valence-electron chi connectivity index (χ4n) is 2.44. The second kappa shape index (κ2) is 8.66. The molecule has 0 bridgehead atoms. The number of rotatable bonds is 7. The molecule has 0 saturated carbocycles. The minimum Gasteiger partial charge on any atom is -0.373 e. The van der Waals surface area contributed by atoms with Crippen LogP contribution in [0.1, 0.15) is 11.4 Å². The van der Waals surface area contributed by atoms with Crippen LogP contribution in [-0.2, 0) is 17.6 Å². The van der Waals surface area contributed by atoms with E-state index in [1.54, 1.807) is 18.6 Å². The lowest BCUT2D eigenvalue weighted by molar-refractivity contribution is -0.120. The smallest absolute Gasteiger partial charge is 0.226 e. The molecule has 0 unspecified atom stereocenters. The van der Waals surface area contributed by atoms with Crippen LogP contribution in [0.4, 0.5) is 5.82 Å². The van der Waals surface area contributed by atoms with Gasteiger partial charge in [0.25, 0.3) is 0 Å². The molecule has 0 aliphatic carbocycles. The molecule has 0 aliphatic rings. The van der Waals surface area contributed by atoms with Crippen LogP contribution >= 0.6 is 0 Å².